The third-order valence-corrected chi connectivity index (χ3v) is 4.23. The molecule has 1 aromatic carbocycles. The van der Waals surface area contributed by atoms with Gasteiger partial charge in [0, 0.05) is 16.9 Å². The maximum atomic E-state index is 12.1. The second kappa shape index (κ2) is 9.34. The zero-order valence-corrected chi connectivity index (χ0v) is 14.3. The van der Waals surface area contributed by atoms with Gasteiger partial charge in [-0.25, -0.2) is 4.79 Å². The minimum Gasteiger partial charge on any atom is -0.478 e. The minimum atomic E-state index is -1.01. The monoisotopic (exact) mass is 354 g/mol. The van der Waals surface area contributed by atoms with Crippen molar-refractivity contribution >= 4 is 34.9 Å². The Morgan fingerprint density at radius 1 is 1.12 bits per heavy atom. The molecule has 128 valence electrons. The third-order valence-electron chi connectivity index (χ3n) is 3.39. The van der Waals surface area contributed by atoms with Crippen LogP contribution < -0.4 is 5.84 Å². The van der Waals surface area contributed by atoms with E-state index in [4.69, 9.17) is 10.9 Å². The van der Waals surface area contributed by atoms with Crippen molar-refractivity contribution in [1.82, 2.24) is 0 Å². The fourth-order valence-corrected chi connectivity index (χ4v) is 2.67. The van der Waals surface area contributed by atoms with Crippen molar-refractivity contribution in [3.8, 4) is 0 Å². The lowest BCUT2D eigenvalue weighted by Crippen LogP contribution is -2.01. The molecule has 0 atom stereocenters. The first-order valence-corrected chi connectivity index (χ1v) is 8.50. The summed E-state index contributed by atoms with van der Waals surface area (Å²) in [6.45, 7) is 0. The van der Waals surface area contributed by atoms with E-state index in [0.29, 0.717) is 24.1 Å². The van der Waals surface area contributed by atoms with E-state index in [1.165, 1.54) is 24.3 Å². The lowest BCUT2D eigenvalue weighted by Gasteiger charge is -2.00. The molecular weight excluding hydrogens is 336 g/mol. The molecule has 0 fully saturated rings. The second-order valence-corrected chi connectivity index (χ2v) is 6.13. The number of carbonyl (C=O) groups is 2. The van der Waals surface area contributed by atoms with Gasteiger partial charge in [0.15, 0.2) is 5.78 Å². The Morgan fingerprint density at radius 3 is 2.44 bits per heavy atom. The van der Waals surface area contributed by atoms with Gasteiger partial charge in [0.1, 0.15) is 0 Å². The number of hydrogen-bond acceptors (Lipinski definition) is 5. The number of aromatic carboxylic acids is 1. The Kier molecular flexibility index (Phi) is 6.86. The van der Waals surface area contributed by atoms with Gasteiger partial charge in [0.05, 0.1) is 11.3 Å². The van der Waals surface area contributed by atoms with Crippen molar-refractivity contribution in [1.29, 1.82) is 0 Å². The Morgan fingerprint density at radius 2 is 1.84 bits per heavy atom. The molecule has 3 N–H and O–H groups in total. The number of nitrogens with zero attached hydrogens (tertiary/aromatic N) is 1. The topological polar surface area (TPSA) is 92.8 Å². The third kappa shape index (κ3) is 5.86. The summed E-state index contributed by atoms with van der Waals surface area (Å²) in [7, 11) is 0. The van der Waals surface area contributed by atoms with Gasteiger partial charge in [-0.3, -0.25) is 4.79 Å². The number of benzene rings is 1. The Balaban J connectivity index is 1.84. The molecule has 0 unspecified atom stereocenters. The van der Waals surface area contributed by atoms with E-state index in [2.05, 4.69) is 5.10 Å². The van der Waals surface area contributed by atoms with Crippen LogP contribution in [-0.2, 0) is 0 Å². The van der Waals surface area contributed by atoms with Gasteiger partial charge in [0.2, 0.25) is 0 Å². The van der Waals surface area contributed by atoms with Crippen molar-refractivity contribution in [2.75, 3.05) is 0 Å². The quantitative estimate of drug-likeness (QED) is 0.324. The van der Waals surface area contributed by atoms with Crippen molar-refractivity contribution in [3.05, 3.63) is 76.0 Å². The van der Waals surface area contributed by atoms with Crippen LogP contribution in [0.4, 0.5) is 0 Å². The highest BCUT2D eigenvalue weighted by atomic mass is 32.1. The molecule has 0 saturated carbocycles. The summed E-state index contributed by atoms with van der Waals surface area (Å²) in [4.78, 5) is 24.0. The van der Waals surface area contributed by atoms with Crippen LogP contribution in [-0.4, -0.2) is 22.6 Å². The summed E-state index contributed by atoms with van der Waals surface area (Å²) in [5.74, 6) is 4.31. The van der Waals surface area contributed by atoms with Gasteiger partial charge in [-0.1, -0.05) is 24.3 Å². The molecule has 0 aliphatic heterocycles. The number of carboxylic acid groups (broad SMARTS) is 1. The lowest BCUT2D eigenvalue weighted by atomic mass is 10.0. The molecule has 0 amide bonds. The van der Waals surface area contributed by atoms with Gasteiger partial charge >= 0.3 is 5.97 Å². The molecule has 0 saturated heterocycles. The maximum absolute atomic E-state index is 12.1. The van der Waals surface area contributed by atoms with Gasteiger partial charge in [-0.15, -0.1) is 11.3 Å². The predicted octanol–water partition coefficient (Wildman–Crippen LogP) is 3.99. The van der Waals surface area contributed by atoms with Gasteiger partial charge < -0.3 is 10.9 Å². The SMILES string of the molecule is N/N=C(\C=C/CCC(=O)c1ccc(C(=O)O)cc1)/C=C/c1cccs1. The Bertz CT molecular complexity index is 804. The molecule has 5 nitrogen and oxygen atoms in total. The zero-order chi connectivity index (χ0) is 18.1. The van der Waals surface area contributed by atoms with Crippen molar-refractivity contribution < 1.29 is 14.7 Å². The normalized spacial score (nSPS) is 12.1. The molecule has 0 radical (unpaired) electrons. The van der Waals surface area contributed by atoms with E-state index >= 15 is 0 Å². The number of nitrogens with two attached hydrogens (primary N) is 1. The molecule has 0 spiro atoms. The van der Waals surface area contributed by atoms with Crippen LogP contribution in [0.3, 0.4) is 0 Å². The largest absolute Gasteiger partial charge is 0.478 e. The first kappa shape index (κ1) is 18.4. The number of rotatable bonds is 8. The maximum Gasteiger partial charge on any atom is 0.335 e. The highest BCUT2D eigenvalue weighted by Crippen LogP contribution is 2.11. The average Bonchev–Trinajstić information content (AvgIpc) is 3.14. The van der Waals surface area contributed by atoms with Gasteiger partial charge in [0.25, 0.3) is 0 Å². The van der Waals surface area contributed by atoms with Crippen molar-refractivity contribution in [3.63, 3.8) is 0 Å². The van der Waals surface area contributed by atoms with E-state index in [1.54, 1.807) is 17.4 Å². The van der Waals surface area contributed by atoms with Crippen LogP contribution in [0.2, 0.25) is 0 Å². The Hall–Kier alpha value is -2.99. The number of carboxylic acids is 1. The highest BCUT2D eigenvalue weighted by molar-refractivity contribution is 7.10. The molecule has 25 heavy (non-hydrogen) atoms. The van der Waals surface area contributed by atoms with E-state index < -0.39 is 5.97 Å². The first-order valence-electron chi connectivity index (χ1n) is 7.62. The fraction of sp³-hybridized carbons (Fsp3) is 0.105. The van der Waals surface area contributed by atoms with Crippen LogP contribution in [0.25, 0.3) is 6.08 Å². The molecule has 1 heterocycles. The smallest absolute Gasteiger partial charge is 0.335 e. The summed E-state index contributed by atoms with van der Waals surface area (Å²) >= 11 is 1.62. The second-order valence-electron chi connectivity index (χ2n) is 5.15. The molecule has 1 aromatic heterocycles. The summed E-state index contributed by atoms with van der Waals surface area (Å²) in [5, 5.41) is 14.5. The number of ketones is 1. The van der Waals surface area contributed by atoms with Crippen LogP contribution >= 0.6 is 11.3 Å². The van der Waals surface area contributed by atoms with Crippen LogP contribution in [0.15, 0.2) is 65.1 Å². The van der Waals surface area contributed by atoms with Crippen LogP contribution in [0.1, 0.15) is 38.4 Å². The fourth-order valence-electron chi connectivity index (χ4n) is 2.06. The van der Waals surface area contributed by atoms with Crippen molar-refractivity contribution in [2.45, 2.75) is 12.8 Å². The number of thiophene rings is 1. The molecule has 0 aliphatic rings. The molecule has 0 aliphatic carbocycles. The number of hydrazone groups is 1. The summed E-state index contributed by atoms with van der Waals surface area (Å²) in [6.07, 6.45) is 8.23. The van der Waals surface area contributed by atoms with Crippen LogP contribution in [0, 0.1) is 0 Å². The summed E-state index contributed by atoms with van der Waals surface area (Å²) in [6, 6.07) is 9.89. The minimum absolute atomic E-state index is 0.0399. The Labute approximate surface area is 149 Å². The first-order chi connectivity index (χ1) is 12.1. The molecule has 2 rings (SSSR count). The van der Waals surface area contributed by atoms with Crippen LogP contribution in [0.5, 0.6) is 0 Å². The van der Waals surface area contributed by atoms with E-state index in [0.717, 1.165) is 4.88 Å². The highest BCUT2D eigenvalue weighted by Gasteiger charge is 2.07. The zero-order valence-electron chi connectivity index (χ0n) is 13.5. The van der Waals surface area contributed by atoms with Gasteiger partial charge in [-0.05, 0) is 48.2 Å². The molecule has 6 heteroatoms. The van der Waals surface area contributed by atoms with Gasteiger partial charge in [-0.2, -0.15) is 5.10 Å². The van der Waals surface area contributed by atoms with E-state index in [9.17, 15) is 9.59 Å². The predicted molar refractivity (Wildman–Crippen MR) is 101 cm³/mol. The summed E-state index contributed by atoms with van der Waals surface area (Å²) in [5.41, 5.74) is 1.29. The molecular formula is C19H18N2O3S. The standard InChI is InChI=1S/C19H18N2O3S/c20-21-16(11-12-17-5-3-13-25-17)4-1-2-6-18(22)14-7-9-15(10-8-14)19(23)24/h1,3-5,7-13H,2,6,20H2,(H,23,24)/b4-1-,12-11+,21-16+. The lowest BCUT2D eigenvalue weighted by molar-refractivity contribution is 0.0696. The van der Waals surface area contributed by atoms with E-state index in [-0.39, 0.29) is 11.3 Å². The van der Waals surface area contributed by atoms with E-state index in [1.807, 2.05) is 35.7 Å². The number of allylic oxidation sites excluding steroid dienone is 3. The molecule has 2 aromatic rings. The summed E-state index contributed by atoms with van der Waals surface area (Å²) < 4.78 is 0. The molecule has 0 bridgehead atoms. The van der Waals surface area contributed by atoms with Crippen molar-refractivity contribution in [2.24, 2.45) is 10.9 Å². The number of hydrogen-bond donors (Lipinski definition) is 2. The number of Topliss-reactive ketones (excluding diaryl/α,β-unsaturated/α-hetero) is 1. The average molecular weight is 354 g/mol. The number of carbonyl (C=O) groups excluding carboxylic acids is 1.